The van der Waals surface area contributed by atoms with Crippen LogP contribution in [0.1, 0.15) is 28.4 Å². The van der Waals surface area contributed by atoms with Crippen molar-refractivity contribution in [2.45, 2.75) is 26.4 Å². The first-order chi connectivity index (χ1) is 8.15. The molecule has 0 heterocycles. The lowest BCUT2D eigenvalue weighted by Crippen LogP contribution is -2.01. The van der Waals surface area contributed by atoms with Crippen LogP contribution in [0.15, 0.2) is 48.5 Å². The first-order valence-electron chi connectivity index (χ1n) is 5.95. The van der Waals surface area contributed by atoms with E-state index in [0.29, 0.717) is 6.42 Å². The van der Waals surface area contributed by atoms with Crippen LogP contribution in [-0.4, -0.2) is 5.11 Å². The average Bonchev–Trinajstić information content (AvgIpc) is 2.33. The molecule has 2 aromatic rings. The van der Waals surface area contributed by atoms with Gasteiger partial charge in [-0.2, -0.15) is 0 Å². The van der Waals surface area contributed by atoms with Crippen LogP contribution >= 0.6 is 0 Å². The molecule has 88 valence electrons. The maximum absolute atomic E-state index is 10.1. The number of aryl methyl sites for hydroxylation is 2. The normalized spacial score (nSPS) is 12.4. The fourth-order valence-corrected chi connectivity index (χ4v) is 1.85. The SMILES string of the molecule is Cc1ccc(CC(O)c2ccc(C)cc2)cc1. The lowest BCUT2D eigenvalue weighted by Gasteiger charge is -2.11. The van der Waals surface area contributed by atoms with Crippen molar-refractivity contribution >= 4 is 0 Å². The van der Waals surface area contributed by atoms with Crippen molar-refractivity contribution in [2.24, 2.45) is 0 Å². The van der Waals surface area contributed by atoms with Crippen LogP contribution < -0.4 is 0 Å². The monoisotopic (exact) mass is 226 g/mol. The third-order valence-corrected chi connectivity index (χ3v) is 3.01. The molecule has 0 aliphatic rings. The second-order valence-electron chi connectivity index (χ2n) is 4.62. The minimum absolute atomic E-state index is 0.418. The molecule has 1 N–H and O–H groups in total. The van der Waals surface area contributed by atoms with Crippen LogP contribution in [0.5, 0.6) is 0 Å². The molecule has 0 aromatic heterocycles. The number of hydrogen-bond acceptors (Lipinski definition) is 1. The first kappa shape index (κ1) is 11.9. The molecule has 1 nitrogen and oxygen atoms in total. The van der Waals surface area contributed by atoms with Gasteiger partial charge in [0.15, 0.2) is 0 Å². The highest BCUT2D eigenvalue weighted by atomic mass is 16.3. The van der Waals surface area contributed by atoms with E-state index in [4.69, 9.17) is 0 Å². The summed E-state index contributed by atoms with van der Waals surface area (Å²) in [5, 5.41) is 10.1. The van der Waals surface area contributed by atoms with E-state index < -0.39 is 6.10 Å². The van der Waals surface area contributed by atoms with E-state index >= 15 is 0 Å². The van der Waals surface area contributed by atoms with Crippen molar-refractivity contribution in [3.05, 3.63) is 70.8 Å². The molecule has 0 spiro atoms. The number of benzene rings is 2. The fraction of sp³-hybridized carbons (Fsp3) is 0.250. The van der Waals surface area contributed by atoms with Gasteiger partial charge in [-0.3, -0.25) is 0 Å². The summed E-state index contributed by atoms with van der Waals surface area (Å²) in [6.07, 6.45) is 0.252. The standard InChI is InChI=1S/C16H18O/c1-12-3-7-14(8-4-12)11-16(17)15-9-5-13(2)6-10-15/h3-10,16-17H,11H2,1-2H3. The largest absolute Gasteiger partial charge is 0.388 e. The number of hydrogen-bond donors (Lipinski definition) is 1. The summed E-state index contributed by atoms with van der Waals surface area (Å²) in [7, 11) is 0. The van der Waals surface area contributed by atoms with E-state index in [9.17, 15) is 5.11 Å². The lowest BCUT2D eigenvalue weighted by molar-refractivity contribution is 0.178. The predicted molar refractivity (Wildman–Crippen MR) is 71.0 cm³/mol. The minimum atomic E-state index is -0.418. The van der Waals surface area contributed by atoms with E-state index in [0.717, 1.165) is 5.56 Å². The Kier molecular flexibility index (Phi) is 3.60. The van der Waals surface area contributed by atoms with Gasteiger partial charge in [0.05, 0.1) is 6.10 Å². The van der Waals surface area contributed by atoms with Gasteiger partial charge in [-0.1, -0.05) is 59.7 Å². The maximum atomic E-state index is 10.1. The summed E-state index contributed by atoms with van der Waals surface area (Å²) in [6, 6.07) is 16.4. The molecule has 0 amide bonds. The summed E-state index contributed by atoms with van der Waals surface area (Å²) in [4.78, 5) is 0. The Balaban J connectivity index is 2.08. The molecule has 2 aromatic carbocycles. The lowest BCUT2D eigenvalue weighted by atomic mass is 10.00. The number of aliphatic hydroxyl groups is 1. The van der Waals surface area contributed by atoms with Gasteiger partial charge in [-0.15, -0.1) is 0 Å². The van der Waals surface area contributed by atoms with Crippen molar-refractivity contribution in [2.75, 3.05) is 0 Å². The fourth-order valence-electron chi connectivity index (χ4n) is 1.85. The Morgan fingerprint density at radius 2 is 1.29 bits per heavy atom. The second-order valence-corrected chi connectivity index (χ2v) is 4.62. The molecule has 0 saturated heterocycles. The van der Waals surface area contributed by atoms with Gasteiger partial charge in [0.25, 0.3) is 0 Å². The molecule has 0 aliphatic carbocycles. The highest BCUT2D eigenvalue weighted by Crippen LogP contribution is 2.18. The van der Waals surface area contributed by atoms with Crippen molar-refractivity contribution in [3.63, 3.8) is 0 Å². The van der Waals surface area contributed by atoms with E-state index in [1.54, 1.807) is 0 Å². The van der Waals surface area contributed by atoms with Crippen LogP contribution in [0.4, 0.5) is 0 Å². The van der Waals surface area contributed by atoms with Gasteiger partial charge in [-0.25, -0.2) is 0 Å². The van der Waals surface area contributed by atoms with Crippen molar-refractivity contribution < 1.29 is 5.11 Å². The Morgan fingerprint density at radius 1 is 0.824 bits per heavy atom. The summed E-state index contributed by atoms with van der Waals surface area (Å²) < 4.78 is 0. The molecule has 0 radical (unpaired) electrons. The van der Waals surface area contributed by atoms with E-state index in [-0.39, 0.29) is 0 Å². The molecule has 0 fully saturated rings. The molecule has 2 rings (SSSR count). The van der Waals surface area contributed by atoms with Gasteiger partial charge in [0.1, 0.15) is 0 Å². The van der Waals surface area contributed by atoms with Gasteiger partial charge in [0, 0.05) is 6.42 Å². The predicted octanol–water partition coefficient (Wildman–Crippen LogP) is 3.58. The summed E-state index contributed by atoms with van der Waals surface area (Å²) in [6.45, 7) is 4.12. The Labute approximate surface area is 103 Å². The Hall–Kier alpha value is -1.60. The van der Waals surface area contributed by atoms with Crippen LogP contribution in [0, 0.1) is 13.8 Å². The zero-order valence-corrected chi connectivity index (χ0v) is 10.4. The molecule has 0 saturated carbocycles. The van der Waals surface area contributed by atoms with Crippen LogP contribution in [0.3, 0.4) is 0 Å². The average molecular weight is 226 g/mol. The molecule has 0 aliphatic heterocycles. The molecular weight excluding hydrogens is 208 g/mol. The van der Waals surface area contributed by atoms with Crippen molar-refractivity contribution in [3.8, 4) is 0 Å². The zero-order chi connectivity index (χ0) is 12.3. The van der Waals surface area contributed by atoms with Crippen LogP contribution in [-0.2, 0) is 6.42 Å². The molecule has 0 bridgehead atoms. The summed E-state index contributed by atoms with van der Waals surface area (Å²) in [5.41, 5.74) is 4.62. The Bertz CT molecular complexity index is 468. The van der Waals surface area contributed by atoms with Gasteiger partial charge in [-0.05, 0) is 25.0 Å². The van der Waals surface area contributed by atoms with Crippen molar-refractivity contribution in [1.82, 2.24) is 0 Å². The quantitative estimate of drug-likeness (QED) is 0.848. The number of aliphatic hydroxyl groups excluding tert-OH is 1. The Morgan fingerprint density at radius 3 is 1.82 bits per heavy atom. The highest BCUT2D eigenvalue weighted by molar-refractivity contribution is 5.26. The third-order valence-electron chi connectivity index (χ3n) is 3.01. The molecule has 17 heavy (non-hydrogen) atoms. The topological polar surface area (TPSA) is 20.2 Å². The summed E-state index contributed by atoms with van der Waals surface area (Å²) >= 11 is 0. The van der Waals surface area contributed by atoms with Crippen LogP contribution in [0.25, 0.3) is 0 Å². The minimum Gasteiger partial charge on any atom is -0.388 e. The zero-order valence-electron chi connectivity index (χ0n) is 10.4. The van der Waals surface area contributed by atoms with E-state index in [1.165, 1.54) is 16.7 Å². The smallest absolute Gasteiger partial charge is 0.0830 e. The summed E-state index contributed by atoms with van der Waals surface area (Å²) in [5.74, 6) is 0. The second kappa shape index (κ2) is 5.15. The molecular formula is C16H18O. The third kappa shape index (κ3) is 3.18. The van der Waals surface area contributed by atoms with Gasteiger partial charge in [0.2, 0.25) is 0 Å². The van der Waals surface area contributed by atoms with Crippen LogP contribution in [0.2, 0.25) is 0 Å². The van der Waals surface area contributed by atoms with Crippen molar-refractivity contribution in [1.29, 1.82) is 0 Å². The van der Waals surface area contributed by atoms with Gasteiger partial charge >= 0.3 is 0 Å². The maximum Gasteiger partial charge on any atom is 0.0830 e. The molecule has 1 heteroatoms. The molecule has 1 unspecified atom stereocenters. The number of rotatable bonds is 3. The van der Waals surface area contributed by atoms with E-state index in [2.05, 4.69) is 38.1 Å². The highest BCUT2D eigenvalue weighted by Gasteiger charge is 2.07. The molecule has 1 atom stereocenters. The van der Waals surface area contributed by atoms with E-state index in [1.807, 2.05) is 24.3 Å². The first-order valence-corrected chi connectivity index (χ1v) is 5.95. The van der Waals surface area contributed by atoms with Gasteiger partial charge < -0.3 is 5.11 Å².